The molecular weight excluding hydrogens is 464 g/mol. The van der Waals surface area contributed by atoms with Crippen molar-refractivity contribution >= 4 is 23.7 Å². The molecule has 2 aliphatic rings. The van der Waals surface area contributed by atoms with E-state index in [1.54, 1.807) is 35.5 Å². The first kappa shape index (κ1) is 24.1. The standard InChI is InChI=1S/C26H29F2N7O/c1-14-23(26(3,4)36)15(2)35(32-14)22-12-21(29)31-25-19(9-10-30-22)24(33-34(25)13-16-5-6-16)18-8-7-17(27)11-20(18)28/h7-8,10-12,16,36H,5-6,9,13H2,1-4H3,(H2,29,31)/b22-12+,30-10-. The molecule has 0 spiro atoms. The van der Waals surface area contributed by atoms with Gasteiger partial charge in [0.1, 0.15) is 29.0 Å². The quantitative estimate of drug-likeness (QED) is 0.475. The number of amidine groups is 1. The molecular formula is C26H29F2N7O. The van der Waals surface area contributed by atoms with Gasteiger partial charge >= 0.3 is 0 Å². The van der Waals surface area contributed by atoms with Gasteiger partial charge in [0.05, 0.1) is 11.3 Å². The Balaban J connectivity index is 1.59. The van der Waals surface area contributed by atoms with Crippen LogP contribution in [0.1, 0.15) is 49.2 Å². The highest BCUT2D eigenvalue weighted by Gasteiger charge is 2.29. The largest absolute Gasteiger partial charge is 0.386 e. The highest BCUT2D eigenvalue weighted by molar-refractivity contribution is 6.05. The number of halogens is 2. The molecule has 1 aliphatic heterocycles. The van der Waals surface area contributed by atoms with Gasteiger partial charge in [-0.3, -0.25) is 5.41 Å². The Bertz CT molecular complexity index is 1420. The van der Waals surface area contributed by atoms with Gasteiger partial charge in [-0.2, -0.15) is 10.2 Å². The fraction of sp³-hybridized carbons (Fsp3) is 0.385. The minimum Gasteiger partial charge on any atom is -0.386 e. The molecule has 2 aromatic heterocycles. The smallest absolute Gasteiger partial charge is 0.156 e. The molecule has 1 saturated carbocycles. The van der Waals surface area contributed by atoms with Crippen molar-refractivity contribution in [2.45, 2.75) is 59.1 Å². The molecule has 0 saturated heterocycles. The second-order valence-electron chi connectivity index (χ2n) is 10.00. The van der Waals surface area contributed by atoms with E-state index in [9.17, 15) is 13.9 Å². The molecule has 0 atom stereocenters. The van der Waals surface area contributed by atoms with Gasteiger partial charge in [0.15, 0.2) is 5.82 Å². The summed E-state index contributed by atoms with van der Waals surface area (Å²) < 4.78 is 31.8. The number of aliphatic imine (C=N–C) groups is 1. The number of aliphatic hydroxyl groups is 1. The fourth-order valence-corrected chi connectivity index (χ4v) is 4.83. The molecule has 10 heteroatoms. The van der Waals surface area contributed by atoms with Crippen molar-refractivity contribution in [1.29, 1.82) is 5.41 Å². The summed E-state index contributed by atoms with van der Waals surface area (Å²) in [6, 6.07) is 3.46. The van der Waals surface area contributed by atoms with Crippen molar-refractivity contribution in [2.75, 3.05) is 5.32 Å². The molecule has 3 N–H and O–H groups in total. The zero-order valence-electron chi connectivity index (χ0n) is 20.7. The van der Waals surface area contributed by atoms with Crippen molar-refractivity contribution in [1.82, 2.24) is 19.6 Å². The number of fused-ring (bicyclic) bond motifs is 1. The van der Waals surface area contributed by atoms with E-state index in [-0.39, 0.29) is 11.4 Å². The van der Waals surface area contributed by atoms with Gasteiger partial charge in [0.25, 0.3) is 0 Å². The van der Waals surface area contributed by atoms with Crippen molar-refractivity contribution in [3.8, 4) is 11.3 Å². The number of aryl methyl sites for hydroxylation is 1. The third-order valence-electron chi connectivity index (χ3n) is 6.53. The summed E-state index contributed by atoms with van der Waals surface area (Å²) in [4.78, 5) is 4.60. The SMILES string of the molecule is Cc1nn(C2=C/C(=N)Nc3c(c(-c4ccc(F)cc4F)nn3CC3CC3)C/C=N\2)c(C)c1C(C)(C)O. The number of benzene rings is 1. The molecule has 0 radical (unpaired) electrons. The number of nitrogens with zero attached hydrogens (tertiary/aromatic N) is 5. The lowest BCUT2D eigenvalue weighted by Gasteiger charge is -2.18. The van der Waals surface area contributed by atoms with E-state index >= 15 is 0 Å². The van der Waals surface area contributed by atoms with E-state index in [4.69, 9.17) is 5.41 Å². The van der Waals surface area contributed by atoms with Crippen molar-refractivity contribution in [3.63, 3.8) is 0 Å². The molecule has 3 aromatic rings. The highest BCUT2D eigenvalue weighted by Crippen LogP contribution is 2.36. The van der Waals surface area contributed by atoms with Crippen LogP contribution >= 0.6 is 0 Å². The summed E-state index contributed by atoms with van der Waals surface area (Å²) in [6.45, 7) is 7.73. The summed E-state index contributed by atoms with van der Waals surface area (Å²) in [5.41, 5.74) is 2.29. The predicted octanol–water partition coefficient (Wildman–Crippen LogP) is 4.79. The predicted molar refractivity (Wildman–Crippen MR) is 135 cm³/mol. The second kappa shape index (κ2) is 8.77. The third kappa shape index (κ3) is 4.48. The Morgan fingerprint density at radius 2 is 1.94 bits per heavy atom. The van der Waals surface area contributed by atoms with Crippen LogP contribution in [0.2, 0.25) is 0 Å². The number of rotatable bonds is 5. The molecule has 1 aromatic carbocycles. The second-order valence-corrected chi connectivity index (χ2v) is 10.00. The number of anilines is 1. The van der Waals surface area contributed by atoms with E-state index in [0.717, 1.165) is 24.6 Å². The van der Waals surface area contributed by atoms with Gasteiger partial charge in [0.2, 0.25) is 0 Å². The van der Waals surface area contributed by atoms with Crippen molar-refractivity contribution < 1.29 is 13.9 Å². The van der Waals surface area contributed by atoms with Gasteiger partial charge in [-0.25, -0.2) is 23.1 Å². The monoisotopic (exact) mass is 493 g/mol. The van der Waals surface area contributed by atoms with Gasteiger partial charge in [-0.05, 0) is 58.6 Å². The zero-order chi connectivity index (χ0) is 25.8. The Morgan fingerprint density at radius 1 is 1.19 bits per heavy atom. The maximum Gasteiger partial charge on any atom is 0.156 e. The van der Waals surface area contributed by atoms with Gasteiger partial charge in [-0.15, -0.1) is 0 Å². The number of nitrogens with one attached hydrogen (secondary N) is 2. The zero-order valence-corrected chi connectivity index (χ0v) is 20.7. The van der Waals surface area contributed by atoms with Crippen LogP contribution in [0.3, 0.4) is 0 Å². The molecule has 0 amide bonds. The summed E-state index contributed by atoms with van der Waals surface area (Å²) in [5, 5.41) is 31.6. The number of hydrogen-bond acceptors (Lipinski definition) is 5. The van der Waals surface area contributed by atoms with Crippen molar-refractivity contribution in [2.24, 2.45) is 10.9 Å². The molecule has 188 valence electrons. The molecule has 1 fully saturated rings. The first-order chi connectivity index (χ1) is 17.0. The van der Waals surface area contributed by atoms with Gasteiger partial charge in [-0.1, -0.05) is 0 Å². The van der Waals surface area contributed by atoms with E-state index < -0.39 is 17.2 Å². The highest BCUT2D eigenvalue weighted by atomic mass is 19.1. The topological polar surface area (TPSA) is 104 Å². The van der Waals surface area contributed by atoms with Crippen molar-refractivity contribution in [3.05, 3.63) is 58.4 Å². The lowest BCUT2D eigenvalue weighted by atomic mass is 9.96. The maximum atomic E-state index is 14.8. The van der Waals surface area contributed by atoms with E-state index in [0.29, 0.717) is 53.0 Å². The lowest BCUT2D eigenvalue weighted by molar-refractivity contribution is 0.0772. The first-order valence-corrected chi connectivity index (χ1v) is 12.0. The van der Waals surface area contributed by atoms with E-state index in [2.05, 4.69) is 20.5 Å². The molecule has 1 aliphatic carbocycles. The Hall–Kier alpha value is -3.66. The maximum absolute atomic E-state index is 14.8. The fourth-order valence-electron chi connectivity index (χ4n) is 4.83. The van der Waals surface area contributed by atoms with Crippen LogP contribution in [0.15, 0.2) is 29.3 Å². The van der Waals surface area contributed by atoms with E-state index in [1.165, 1.54) is 12.1 Å². The molecule has 5 rings (SSSR count). The molecule has 8 nitrogen and oxygen atoms in total. The molecule has 0 unspecified atom stereocenters. The minimum absolute atomic E-state index is 0.0609. The summed E-state index contributed by atoms with van der Waals surface area (Å²) in [7, 11) is 0. The summed E-state index contributed by atoms with van der Waals surface area (Å²) in [5.74, 6) is 0.203. The number of hydrogen-bond donors (Lipinski definition) is 3. The van der Waals surface area contributed by atoms with Crippen LogP contribution in [0.25, 0.3) is 17.1 Å². The Morgan fingerprint density at radius 3 is 2.58 bits per heavy atom. The van der Waals surface area contributed by atoms with Crippen LogP contribution in [-0.2, 0) is 18.6 Å². The van der Waals surface area contributed by atoms with Crippen LogP contribution in [0.5, 0.6) is 0 Å². The number of aromatic nitrogens is 4. The molecule has 3 heterocycles. The van der Waals surface area contributed by atoms with Crippen LogP contribution < -0.4 is 5.32 Å². The summed E-state index contributed by atoms with van der Waals surface area (Å²) >= 11 is 0. The average Bonchev–Trinajstić information content (AvgIpc) is 3.44. The summed E-state index contributed by atoms with van der Waals surface area (Å²) in [6.07, 6.45) is 5.74. The van der Waals surface area contributed by atoms with Gasteiger partial charge < -0.3 is 10.4 Å². The van der Waals surface area contributed by atoms with Crippen LogP contribution in [0, 0.1) is 36.8 Å². The Kier molecular flexibility index (Phi) is 5.86. The molecule has 0 bridgehead atoms. The third-order valence-corrected chi connectivity index (χ3v) is 6.53. The lowest BCUT2D eigenvalue weighted by Crippen LogP contribution is -2.18. The first-order valence-electron chi connectivity index (χ1n) is 12.0. The van der Waals surface area contributed by atoms with Gasteiger partial charge in [0, 0.05) is 53.7 Å². The van der Waals surface area contributed by atoms with Crippen LogP contribution in [0.4, 0.5) is 14.6 Å². The van der Waals surface area contributed by atoms with E-state index in [1.807, 2.05) is 13.8 Å². The average molecular weight is 494 g/mol. The Labute approximate surface area is 207 Å². The molecule has 36 heavy (non-hydrogen) atoms. The van der Waals surface area contributed by atoms with Crippen LogP contribution in [-0.4, -0.2) is 36.7 Å². The normalized spacial score (nSPS) is 18.5. The minimum atomic E-state index is -1.09.